The Morgan fingerprint density at radius 2 is 2.10 bits per heavy atom. The zero-order valence-corrected chi connectivity index (χ0v) is 12.7. The average Bonchev–Trinajstić information content (AvgIpc) is 2.81. The summed E-state index contributed by atoms with van der Waals surface area (Å²) in [6, 6.07) is 3.22. The molecule has 2 atom stereocenters. The maximum atomic E-state index is 13.0. The van der Waals surface area contributed by atoms with E-state index in [4.69, 9.17) is 5.11 Å². The van der Waals surface area contributed by atoms with Crippen LogP contribution in [0, 0.1) is 15.3 Å². The van der Waals surface area contributed by atoms with E-state index >= 15 is 0 Å². The smallest absolute Gasteiger partial charge is 0.319 e. The fraction of sp³-hybridized carbons (Fsp3) is 0.385. The number of carbonyl (C=O) groups is 2. The van der Waals surface area contributed by atoms with E-state index in [0.717, 1.165) is 6.42 Å². The van der Waals surface area contributed by atoms with Gasteiger partial charge >= 0.3 is 12.0 Å². The summed E-state index contributed by atoms with van der Waals surface area (Å²) in [5.74, 6) is -1.79. The van der Waals surface area contributed by atoms with E-state index in [0.29, 0.717) is 22.1 Å². The number of anilines is 1. The molecule has 0 saturated heterocycles. The summed E-state index contributed by atoms with van der Waals surface area (Å²) in [5, 5.41) is 14.3. The molecule has 5 nitrogen and oxygen atoms in total. The Morgan fingerprint density at radius 1 is 1.35 bits per heavy atom. The van der Waals surface area contributed by atoms with Crippen molar-refractivity contribution in [1.82, 2.24) is 5.32 Å². The molecule has 1 fully saturated rings. The summed E-state index contributed by atoms with van der Waals surface area (Å²) in [4.78, 5) is 22.9. The van der Waals surface area contributed by atoms with Gasteiger partial charge in [0.25, 0.3) is 0 Å². The van der Waals surface area contributed by atoms with Gasteiger partial charge < -0.3 is 15.7 Å². The molecule has 0 radical (unpaired) electrons. The normalized spacial score (nSPS) is 21.5. The number of amides is 2. The molecule has 108 valence electrons. The first-order valence-electron chi connectivity index (χ1n) is 6.23. The van der Waals surface area contributed by atoms with Crippen molar-refractivity contribution in [3.8, 4) is 0 Å². The number of benzene rings is 1. The number of halogens is 2. The molecule has 0 aromatic heterocycles. The second-order valence-corrected chi connectivity index (χ2v) is 5.87. The molecule has 0 spiro atoms. The molecule has 7 heteroatoms. The van der Waals surface area contributed by atoms with Crippen molar-refractivity contribution in [2.45, 2.75) is 25.3 Å². The minimum atomic E-state index is -0.885. The molecule has 2 amide bonds. The third-order valence-electron chi connectivity index (χ3n) is 3.33. The molecule has 3 N–H and O–H groups in total. The third-order valence-corrected chi connectivity index (χ3v) is 4.22. The third kappa shape index (κ3) is 3.59. The van der Waals surface area contributed by atoms with Gasteiger partial charge in [-0.25, -0.2) is 9.18 Å². The van der Waals surface area contributed by atoms with Crippen molar-refractivity contribution in [2.24, 2.45) is 5.92 Å². The lowest BCUT2D eigenvalue weighted by Gasteiger charge is -2.18. The Kier molecular flexibility index (Phi) is 4.79. The number of carboxylic acids is 1. The highest BCUT2D eigenvalue weighted by molar-refractivity contribution is 14.1. The van der Waals surface area contributed by atoms with Gasteiger partial charge in [0.15, 0.2) is 0 Å². The fourth-order valence-electron chi connectivity index (χ4n) is 2.35. The SMILES string of the molecule is O=C(Nc1ccc(F)cc1I)NC1CCCC1C(=O)O. The largest absolute Gasteiger partial charge is 0.481 e. The minimum absolute atomic E-state index is 0.356. The van der Waals surface area contributed by atoms with Gasteiger partial charge in [-0.3, -0.25) is 4.79 Å². The van der Waals surface area contributed by atoms with Crippen LogP contribution >= 0.6 is 22.6 Å². The molecule has 2 unspecified atom stereocenters. The first-order chi connectivity index (χ1) is 9.47. The molecular weight excluding hydrogens is 378 g/mol. The maximum absolute atomic E-state index is 13.0. The summed E-state index contributed by atoms with van der Waals surface area (Å²) in [6.07, 6.45) is 2.02. The van der Waals surface area contributed by atoms with E-state index < -0.39 is 17.9 Å². The maximum Gasteiger partial charge on any atom is 0.319 e. The van der Waals surface area contributed by atoms with E-state index in [1.165, 1.54) is 18.2 Å². The Morgan fingerprint density at radius 3 is 2.75 bits per heavy atom. The van der Waals surface area contributed by atoms with Gasteiger partial charge in [-0.05, 0) is 53.6 Å². The zero-order valence-electron chi connectivity index (χ0n) is 10.5. The van der Waals surface area contributed by atoms with Gasteiger partial charge in [-0.15, -0.1) is 0 Å². The van der Waals surface area contributed by atoms with Crippen LogP contribution in [-0.2, 0) is 4.79 Å². The number of nitrogens with one attached hydrogen (secondary N) is 2. The van der Waals surface area contributed by atoms with Crippen molar-refractivity contribution in [1.29, 1.82) is 0 Å². The zero-order chi connectivity index (χ0) is 14.7. The summed E-state index contributed by atoms with van der Waals surface area (Å²) in [5.41, 5.74) is 0.495. The van der Waals surface area contributed by atoms with E-state index in [2.05, 4.69) is 10.6 Å². The predicted octanol–water partition coefficient (Wildman–Crippen LogP) is 2.81. The number of carbonyl (C=O) groups excluding carboxylic acids is 1. The molecule has 1 aromatic rings. The molecule has 1 aliphatic rings. The number of aliphatic carboxylic acids is 1. The van der Waals surface area contributed by atoms with Crippen molar-refractivity contribution in [2.75, 3.05) is 5.32 Å². The summed E-state index contributed by atoms with van der Waals surface area (Å²) in [7, 11) is 0. The molecule has 20 heavy (non-hydrogen) atoms. The molecule has 1 saturated carbocycles. The highest BCUT2D eigenvalue weighted by Gasteiger charge is 2.33. The summed E-state index contributed by atoms with van der Waals surface area (Å²) in [6.45, 7) is 0. The average molecular weight is 392 g/mol. The van der Waals surface area contributed by atoms with E-state index in [-0.39, 0.29) is 11.9 Å². The number of rotatable bonds is 3. The Bertz CT molecular complexity index is 538. The second-order valence-electron chi connectivity index (χ2n) is 4.70. The van der Waals surface area contributed by atoms with Gasteiger partial charge in [0.05, 0.1) is 11.6 Å². The molecule has 0 bridgehead atoms. The lowest BCUT2D eigenvalue weighted by molar-refractivity contribution is -0.142. The molecule has 1 aromatic carbocycles. The number of hydrogen-bond acceptors (Lipinski definition) is 2. The summed E-state index contributed by atoms with van der Waals surface area (Å²) < 4.78 is 13.5. The van der Waals surface area contributed by atoms with Gasteiger partial charge in [-0.2, -0.15) is 0 Å². The molecule has 0 aliphatic heterocycles. The van der Waals surface area contributed by atoms with Gasteiger partial charge in [0.1, 0.15) is 5.82 Å². The first-order valence-corrected chi connectivity index (χ1v) is 7.30. The van der Waals surface area contributed by atoms with Crippen LogP contribution < -0.4 is 10.6 Å². The Balaban J connectivity index is 1.97. The number of urea groups is 1. The van der Waals surface area contributed by atoms with Crippen LogP contribution in [0.15, 0.2) is 18.2 Å². The van der Waals surface area contributed by atoms with E-state index in [1.807, 2.05) is 22.6 Å². The molecule has 0 heterocycles. The van der Waals surface area contributed by atoms with Crippen LogP contribution in [0.2, 0.25) is 0 Å². The quantitative estimate of drug-likeness (QED) is 0.693. The predicted molar refractivity (Wildman–Crippen MR) is 80.0 cm³/mol. The topological polar surface area (TPSA) is 78.4 Å². The second kappa shape index (κ2) is 6.38. The fourth-order valence-corrected chi connectivity index (χ4v) is 2.96. The van der Waals surface area contributed by atoms with Crippen LogP contribution in [0.1, 0.15) is 19.3 Å². The minimum Gasteiger partial charge on any atom is -0.481 e. The highest BCUT2D eigenvalue weighted by Crippen LogP contribution is 2.26. The number of carboxylic acid groups (broad SMARTS) is 1. The van der Waals surface area contributed by atoms with Gasteiger partial charge in [0.2, 0.25) is 0 Å². The molecule has 2 rings (SSSR count). The van der Waals surface area contributed by atoms with Crippen LogP contribution in [-0.4, -0.2) is 23.1 Å². The van der Waals surface area contributed by atoms with Crippen LogP contribution in [0.25, 0.3) is 0 Å². The van der Waals surface area contributed by atoms with Crippen LogP contribution in [0.3, 0.4) is 0 Å². The molecule has 1 aliphatic carbocycles. The Hall–Kier alpha value is -1.38. The van der Waals surface area contributed by atoms with Crippen molar-refractivity contribution >= 4 is 40.3 Å². The highest BCUT2D eigenvalue weighted by atomic mass is 127. The van der Waals surface area contributed by atoms with Crippen molar-refractivity contribution in [3.05, 3.63) is 27.6 Å². The van der Waals surface area contributed by atoms with Crippen LogP contribution in [0.4, 0.5) is 14.9 Å². The lowest BCUT2D eigenvalue weighted by Crippen LogP contribution is -2.42. The standard InChI is InChI=1S/C13H14FIN2O3/c14-7-4-5-11(9(15)6-7)17-13(20)16-10-3-1-2-8(10)12(18)19/h4-6,8,10H,1-3H2,(H,18,19)(H2,16,17,20). The first kappa shape index (κ1) is 15.0. The van der Waals surface area contributed by atoms with Crippen molar-refractivity contribution in [3.63, 3.8) is 0 Å². The van der Waals surface area contributed by atoms with E-state index in [1.54, 1.807) is 0 Å². The lowest BCUT2D eigenvalue weighted by atomic mass is 10.0. The summed E-state index contributed by atoms with van der Waals surface area (Å²) >= 11 is 1.92. The number of hydrogen-bond donors (Lipinski definition) is 3. The van der Waals surface area contributed by atoms with Crippen molar-refractivity contribution < 1.29 is 19.1 Å². The van der Waals surface area contributed by atoms with Gasteiger partial charge in [-0.1, -0.05) is 6.42 Å². The monoisotopic (exact) mass is 392 g/mol. The Labute approximate surface area is 129 Å². The van der Waals surface area contributed by atoms with Gasteiger partial charge in [0, 0.05) is 9.61 Å². The molecular formula is C13H14FIN2O3. The van der Waals surface area contributed by atoms with Crippen LogP contribution in [0.5, 0.6) is 0 Å². The van der Waals surface area contributed by atoms with E-state index in [9.17, 15) is 14.0 Å².